The first kappa shape index (κ1) is 17.6. The molecule has 0 saturated heterocycles. The van der Waals surface area contributed by atoms with Gasteiger partial charge < -0.3 is 11.1 Å². The fourth-order valence-electron chi connectivity index (χ4n) is 1.83. The van der Waals surface area contributed by atoms with Crippen molar-refractivity contribution in [3.05, 3.63) is 22.2 Å². The average molecular weight is 329 g/mol. The number of carbonyl (C=O) groups excluding carboxylic acids is 1. The van der Waals surface area contributed by atoms with Gasteiger partial charge in [-0.1, -0.05) is 30.1 Å². The van der Waals surface area contributed by atoms with Crippen LogP contribution in [0.25, 0.3) is 0 Å². The Hall–Kier alpha value is -1.48. The van der Waals surface area contributed by atoms with E-state index < -0.39 is 0 Å². The van der Waals surface area contributed by atoms with Crippen molar-refractivity contribution < 1.29 is 4.79 Å². The van der Waals surface area contributed by atoms with E-state index >= 15 is 0 Å². The van der Waals surface area contributed by atoms with Crippen LogP contribution in [-0.2, 0) is 4.79 Å². The summed E-state index contributed by atoms with van der Waals surface area (Å²) in [4.78, 5) is 13.9. The summed E-state index contributed by atoms with van der Waals surface area (Å²) >= 11 is 12.0. The molecular formula is C14H18Cl2N4O. The van der Waals surface area contributed by atoms with Crippen LogP contribution < -0.4 is 11.1 Å². The van der Waals surface area contributed by atoms with Gasteiger partial charge in [-0.05, 0) is 25.6 Å². The number of nitrogen functional groups attached to an aromatic ring is 1. The minimum Gasteiger partial charge on any atom is -0.399 e. The summed E-state index contributed by atoms with van der Waals surface area (Å²) in [6, 6.07) is 5.20. The molecule has 1 atom stereocenters. The van der Waals surface area contributed by atoms with Gasteiger partial charge in [0, 0.05) is 12.2 Å². The Morgan fingerprint density at radius 1 is 1.48 bits per heavy atom. The van der Waals surface area contributed by atoms with E-state index in [2.05, 4.69) is 11.4 Å². The number of nitrogens with two attached hydrogens (primary N) is 1. The number of hydrogen-bond acceptors (Lipinski definition) is 4. The molecule has 0 aliphatic heterocycles. The molecule has 0 saturated carbocycles. The molecule has 1 aromatic carbocycles. The molecule has 0 fully saturated rings. The molecule has 0 radical (unpaired) electrons. The minimum absolute atomic E-state index is 0.138. The van der Waals surface area contributed by atoms with Gasteiger partial charge in [0.05, 0.1) is 34.3 Å². The van der Waals surface area contributed by atoms with Gasteiger partial charge in [0.15, 0.2) is 0 Å². The summed E-state index contributed by atoms with van der Waals surface area (Å²) in [6.45, 7) is 5.11. The lowest BCUT2D eigenvalue weighted by molar-refractivity contribution is -0.117. The number of halogens is 2. The van der Waals surface area contributed by atoms with Crippen molar-refractivity contribution in [1.29, 1.82) is 5.26 Å². The number of nitriles is 1. The maximum absolute atomic E-state index is 12.1. The number of nitrogens with zero attached hydrogens (tertiary/aromatic N) is 2. The standard InChI is InChI=1S/C14H18Cl2N4O/c1-3-20(7-9(2)6-17)8-13(21)19-14-11(15)4-10(18)5-12(14)16/h4-5,9H,3,7-8,18H2,1-2H3,(H,19,21). The van der Waals surface area contributed by atoms with Gasteiger partial charge in [0.1, 0.15) is 0 Å². The van der Waals surface area contributed by atoms with Crippen LogP contribution in [0.15, 0.2) is 12.1 Å². The molecule has 0 aromatic heterocycles. The van der Waals surface area contributed by atoms with Crippen LogP contribution in [0.4, 0.5) is 11.4 Å². The van der Waals surface area contributed by atoms with Crippen LogP contribution in [0.1, 0.15) is 13.8 Å². The second-order valence-electron chi connectivity index (χ2n) is 4.77. The van der Waals surface area contributed by atoms with Crippen molar-refractivity contribution >= 4 is 40.5 Å². The van der Waals surface area contributed by atoms with Crippen LogP contribution in [0.3, 0.4) is 0 Å². The van der Waals surface area contributed by atoms with E-state index in [-0.39, 0.29) is 18.4 Å². The topological polar surface area (TPSA) is 82.2 Å². The Morgan fingerprint density at radius 2 is 2.05 bits per heavy atom. The van der Waals surface area contributed by atoms with Gasteiger partial charge in [-0.15, -0.1) is 0 Å². The Kier molecular flexibility index (Phi) is 6.76. The zero-order valence-corrected chi connectivity index (χ0v) is 13.5. The molecule has 114 valence electrons. The molecule has 21 heavy (non-hydrogen) atoms. The van der Waals surface area contributed by atoms with Gasteiger partial charge >= 0.3 is 0 Å². The first-order valence-electron chi connectivity index (χ1n) is 6.53. The maximum atomic E-state index is 12.1. The minimum atomic E-state index is -0.240. The number of likely N-dealkylation sites (N-methyl/N-ethyl adjacent to an activating group) is 1. The lowest BCUT2D eigenvalue weighted by Crippen LogP contribution is -2.35. The van der Waals surface area contributed by atoms with Gasteiger partial charge in [0.2, 0.25) is 5.91 Å². The summed E-state index contributed by atoms with van der Waals surface area (Å²) < 4.78 is 0. The second-order valence-corrected chi connectivity index (χ2v) is 5.58. The molecule has 0 spiro atoms. The Balaban J connectivity index is 2.71. The predicted molar refractivity (Wildman–Crippen MR) is 86.4 cm³/mol. The van der Waals surface area contributed by atoms with E-state index in [1.807, 2.05) is 18.7 Å². The predicted octanol–water partition coefficient (Wildman–Crippen LogP) is 3.00. The summed E-state index contributed by atoms with van der Waals surface area (Å²) in [5.74, 6) is -0.378. The molecule has 1 aromatic rings. The molecule has 7 heteroatoms. The van der Waals surface area contributed by atoms with Crippen molar-refractivity contribution in [1.82, 2.24) is 4.90 Å². The van der Waals surface area contributed by atoms with Crippen molar-refractivity contribution in [3.63, 3.8) is 0 Å². The lowest BCUT2D eigenvalue weighted by atomic mass is 10.2. The summed E-state index contributed by atoms with van der Waals surface area (Å²) in [5.41, 5.74) is 6.39. The molecule has 0 heterocycles. The average Bonchev–Trinajstić information content (AvgIpc) is 2.41. The zero-order valence-electron chi connectivity index (χ0n) is 12.0. The lowest BCUT2D eigenvalue weighted by Gasteiger charge is -2.21. The number of anilines is 2. The Morgan fingerprint density at radius 3 is 2.52 bits per heavy atom. The highest BCUT2D eigenvalue weighted by molar-refractivity contribution is 6.40. The summed E-state index contributed by atoms with van der Waals surface area (Å²) in [7, 11) is 0. The third-order valence-corrected chi connectivity index (χ3v) is 3.49. The van der Waals surface area contributed by atoms with Crippen LogP contribution in [-0.4, -0.2) is 30.4 Å². The van der Waals surface area contributed by atoms with Crippen LogP contribution >= 0.6 is 23.2 Å². The monoisotopic (exact) mass is 328 g/mol. The molecule has 1 unspecified atom stereocenters. The summed E-state index contributed by atoms with van der Waals surface area (Å²) in [5, 5.41) is 12.1. The number of hydrogen-bond donors (Lipinski definition) is 2. The highest BCUT2D eigenvalue weighted by Crippen LogP contribution is 2.32. The van der Waals surface area contributed by atoms with Crippen molar-refractivity contribution in [2.45, 2.75) is 13.8 Å². The van der Waals surface area contributed by atoms with Crippen molar-refractivity contribution in [3.8, 4) is 6.07 Å². The highest BCUT2D eigenvalue weighted by Gasteiger charge is 2.15. The molecule has 1 rings (SSSR count). The quantitative estimate of drug-likeness (QED) is 0.786. The molecule has 1 amide bonds. The molecular weight excluding hydrogens is 311 g/mol. The van der Waals surface area contributed by atoms with Crippen LogP contribution in [0, 0.1) is 17.2 Å². The van der Waals surface area contributed by atoms with Crippen molar-refractivity contribution in [2.75, 3.05) is 30.7 Å². The normalized spacial score (nSPS) is 12.0. The number of carbonyl (C=O) groups is 1. The third kappa shape index (κ3) is 5.43. The summed E-state index contributed by atoms with van der Waals surface area (Å²) in [6.07, 6.45) is 0. The highest BCUT2D eigenvalue weighted by atomic mass is 35.5. The Bertz CT molecular complexity index is 533. The van der Waals surface area contributed by atoms with Gasteiger partial charge in [-0.25, -0.2) is 0 Å². The van der Waals surface area contributed by atoms with E-state index in [0.29, 0.717) is 34.5 Å². The molecule has 0 aliphatic carbocycles. The molecule has 0 aliphatic rings. The van der Waals surface area contributed by atoms with E-state index in [9.17, 15) is 4.79 Å². The second kappa shape index (κ2) is 8.08. The van der Waals surface area contributed by atoms with E-state index in [4.69, 9.17) is 34.2 Å². The maximum Gasteiger partial charge on any atom is 0.238 e. The number of amides is 1. The fraction of sp³-hybridized carbons (Fsp3) is 0.429. The van der Waals surface area contributed by atoms with Crippen molar-refractivity contribution in [2.24, 2.45) is 5.92 Å². The van der Waals surface area contributed by atoms with Gasteiger partial charge in [0.25, 0.3) is 0 Å². The SMILES string of the molecule is CCN(CC(=O)Nc1c(Cl)cc(N)cc1Cl)CC(C)C#N. The van der Waals surface area contributed by atoms with Gasteiger partial charge in [-0.2, -0.15) is 5.26 Å². The number of benzene rings is 1. The smallest absolute Gasteiger partial charge is 0.238 e. The third-order valence-electron chi connectivity index (χ3n) is 2.90. The Labute approximate surface area is 134 Å². The van der Waals surface area contributed by atoms with Crippen LogP contribution in [0.2, 0.25) is 10.0 Å². The van der Waals surface area contributed by atoms with E-state index in [1.165, 1.54) is 12.1 Å². The largest absolute Gasteiger partial charge is 0.399 e. The number of nitrogens with one attached hydrogen (secondary N) is 1. The number of rotatable bonds is 6. The first-order chi connectivity index (χ1) is 9.87. The molecule has 5 nitrogen and oxygen atoms in total. The van der Waals surface area contributed by atoms with E-state index in [0.717, 1.165) is 0 Å². The van der Waals surface area contributed by atoms with Gasteiger partial charge in [-0.3, -0.25) is 9.69 Å². The fourth-order valence-corrected chi connectivity index (χ4v) is 2.43. The first-order valence-corrected chi connectivity index (χ1v) is 7.29. The molecule has 0 bridgehead atoms. The van der Waals surface area contributed by atoms with E-state index in [1.54, 1.807) is 0 Å². The van der Waals surface area contributed by atoms with Crippen LogP contribution in [0.5, 0.6) is 0 Å². The zero-order chi connectivity index (χ0) is 16.0. The molecule has 3 N–H and O–H groups in total.